The maximum atomic E-state index is 4.58. The van der Waals surface area contributed by atoms with Crippen LogP contribution in [0, 0.1) is 6.92 Å². The highest BCUT2D eigenvalue weighted by molar-refractivity contribution is 5.99. The number of aromatic nitrogens is 3. The number of H-pyrrole nitrogens is 1. The summed E-state index contributed by atoms with van der Waals surface area (Å²) in [6.45, 7) is 2.11. The van der Waals surface area contributed by atoms with Crippen molar-refractivity contribution < 1.29 is 0 Å². The van der Waals surface area contributed by atoms with Gasteiger partial charge in [-0.1, -0.05) is 48.0 Å². The van der Waals surface area contributed by atoms with Crippen LogP contribution >= 0.6 is 0 Å². The number of hydrogen-bond acceptors (Lipinski definition) is 3. The first-order valence-corrected chi connectivity index (χ1v) is 8.06. The number of aromatic amines is 1. The van der Waals surface area contributed by atoms with Gasteiger partial charge in [0.15, 0.2) is 0 Å². The summed E-state index contributed by atoms with van der Waals surface area (Å²) in [4.78, 5) is 12.3. The standard InChI is InChI=1S/C20H16N4/c1-12-6-8-13(9-7-12)18-15-10-21-20-17(15)19(22-11-23-20)14-4-2-3-5-16(14)24-18/h2-11,18,24H,1H3,(H,21,22,23). The predicted octanol–water partition coefficient (Wildman–Crippen LogP) is 4.45. The Balaban J connectivity index is 1.83. The molecular formula is C20H16N4. The Kier molecular flexibility index (Phi) is 2.73. The lowest BCUT2D eigenvalue weighted by atomic mass is 9.98. The fourth-order valence-electron chi connectivity index (χ4n) is 3.49. The van der Waals surface area contributed by atoms with E-state index in [2.05, 4.69) is 69.7 Å². The van der Waals surface area contributed by atoms with Crippen LogP contribution in [-0.4, -0.2) is 15.0 Å². The number of anilines is 1. The van der Waals surface area contributed by atoms with E-state index < -0.39 is 0 Å². The van der Waals surface area contributed by atoms with Crippen molar-refractivity contribution >= 4 is 16.7 Å². The van der Waals surface area contributed by atoms with Crippen molar-refractivity contribution in [2.45, 2.75) is 13.0 Å². The molecule has 1 aliphatic rings. The van der Waals surface area contributed by atoms with E-state index >= 15 is 0 Å². The first kappa shape index (κ1) is 13.3. The van der Waals surface area contributed by atoms with E-state index in [-0.39, 0.29) is 6.04 Å². The molecule has 3 heterocycles. The summed E-state index contributed by atoms with van der Waals surface area (Å²) in [7, 11) is 0. The SMILES string of the molecule is Cc1ccc(C2Nc3ccccc3-c3ncnc4[nH]cc2c34)cc1. The van der Waals surface area contributed by atoms with Gasteiger partial charge in [-0.2, -0.15) is 0 Å². The van der Waals surface area contributed by atoms with Crippen LogP contribution in [0.3, 0.4) is 0 Å². The van der Waals surface area contributed by atoms with E-state index in [0.29, 0.717) is 0 Å². The van der Waals surface area contributed by atoms with Crippen LogP contribution < -0.4 is 5.32 Å². The van der Waals surface area contributed by atoms with Gasteiger partial charge in [-0.05, 0) is 18.6 Å². The van der Waals surface area contributed by atoms with Crippen molar-refractivity contribution in [3.05, 3.63) is 77.7 Å². The zero-order valence-electron chi connectivity index (χ0n) is 13.2. The number of fused-ring (bicyclic) bond motifs is 2. The summed E-state index contributed by atoms with van der Waals surface area (Å²) < 4.78 is 0. The van der Waals surface area contributed by atoms with Crippen LogP contribution in [-0.2, 0) is 0 Å². The maximum absolute atomic E-state index is 4.58. The first-order chi connectivity index (χ1) is 11.8. The average Bonchev–Trinajstić information content (AvgIpc) is 2.98. The quantitative estimate of drug-likeness (QED) is 0.546. The van der Waals surface area contributed by atoms with Crippen molar-refractivity contribution in [2.75, 3.05) is 5.32 Å². The summed E-state index contributed by atoms with van der Waals surface area (Å²) in [5, 5.41) is 4.80. The fraction of sp³-hybridized carbons (Fsp3) is 0.100. The molecule has 1 aliphatic heterocycles. The molecule has 2 aromatic carbocycles. The van der Waals surface area contributed by atoms with Gasteiger partial charge in [-0.15, -0.1) is 0 Å². The van der Waals surface area contributed by atoms with Gasteiger partial charge in [-0.25, -0.2) is 9.97 Å². The van der Waals surface area contributed by atoms with Gasteiger partial charge in [-0.3, -0.25) is 0 Å². The van der Waals surface area contributed by atoms with Crippen LogP contribution in [0.4, 0.5) is 5.69 Å². The molecule has 4 nitrogen and oxygen atoms in total. The molecule has 0 saturated carbocycles. The van der Waals surface area contributed by atoms with E-state index in [1.807, 2.05) is 12.3 Å². The lowest BCUT2D eigenvalue weighted by Crippen LogP contribution is -2.11. The summed E-state index contributed by atoms with van der Waals surface area (Å²) in [6, 6.07) is 17.1. The highest BCUT2D eigenvalue weighted by Gasteiger charge is 2.26. The second-order valence-corrected chi connectivity index (χ2v) is 6.22. The highest BCUT2D eigenvalue weighted by atomic mass is 15.0. The predicted molar refractivity (Wildman–Crippen MR) is 96.0 cm³/mol. The molecule has 0 radical (unpaired) electrons. The van der Waals surface area contributed by atoms with Crippen LogP contribution in [0.5, 0.6) is 0 Å². The first-order valence-electron chi connectivity index (χ1n) is 8.06. The molecule has 0 saturated heterocycles. The molecule has 0 aliphatic carbocycles. The summed E-state index contributed by atoms with van der Waals surface area (Å²) >= 11 is 0. The van der Waals surface area contributed by atoms with E-state index in [0.717, 1.165) is 28.0 Å². The van der Waals surface area contributed by atoms with Gasteiger partial charge in [0, 0.05) is 23.0 Å². The number of rotatable bonds is 1. The van der Waals surface area contributed by atoms with Gasteiger partial charge in [0.1, 0.15) is 12.0 Å². The van der Waals surface area contributed by atoms with Gasteiger partial charge >= 0.3 is 0 Å². The minimum Gasteiger partial charge on any atom is -0.374 e. The third-order valence-corrected chi connectivity index (χ3v) is 4.70. The van der Waals surface area contributed by atoms with Crippen LogP contribution in [0.25, 0.3) is 22.3 Å². The molecular weight excluding hydrogens is 296 g/mol. The minimum absolute atomic E-state index is 0.0627. The number of para-hydroxylation sites is 1. The Hall–Kier alpha value is -3.14. The molecule has 0 spiro atoms. The Bertz CT molecular complexity index is 1050. The largest absolute Gasteiger partial charge is 0.374 e. The van der Waals surface area contributed by atoms with Gasteiger partial charge in [0.2, 0.25) is 0 Å². The Morgan fingerprint density at radius 1 is 0.958 bits per heavy atom. The van der Waals surface area contributed by atoms with Crippen molar-refractivity contribution in [1.82, 2.24) is 15.0 Å². The molecule has 0 bridgehead atoms. The second-order valence-electron chi connectivity index (χ2n) is 6.22. The van der Waals surface area contributed by atoms with Crippen LogP contribution in [0.1, 0.15) is 22.7 Å². The van der Waals surface area contributed by atoms with Gasteiger partial charge < -0.3 is 10.3 Å². The number of nitrogens with one attached hydrogen (secondary N) is 2. The second kappa shape index (κ2) is 4.93. The Labute approximate surface area is 139 Å². The molecule has 24 heavy (non-hydrogen) atoms. The third-order valence-electron chi connectivity index (χ3n) is 4.70. The van der Waals surface area contributed by atoms with E-state index in [4.69, 9.17) is 0 Å². The van der Waals surface area contributed by atoms with Gasteiger partial charge in [0.05, 0.1) is 17.1 Å². The smallest absolute Gasteiger partial charge is 0.141 e. The molecule has 0 amide bonds. The monoisotopic (exact) mass is 312 g/mol. The zero-order valence-corrected chi connectivity index (χ0v) is 13.2. The molecule has 4 heteroatoms. The van der Waals surface area contributed by atoms with Crippen molar-refractivity contribution in [2.24, 2.45) is 0 Å². The van der Waals surface area contributed by atoms with E-state index in [9.17, 15) is 0 Å². The molecule has 2 N–H and O–H groups in total. The molecule has 0 fully saturated rings. The zero-order chi connectivity index (χ0) is 16.1. The molecule has 4 aromatic rings. The van der Waals surface area contributed by atoms with E-state index in [1.165, 1.54) is 16.7 Å². The van der Waals surface area contributed by atoms with Crippen LogP contribution in [0.2, 0.25) is 0 Å². The summed E-state index contributed by atoms with van der Waals surface area (Å²) in [5.41, 5.74) is 7.74. The minimum atomic E-state index is 0.0627. The molecule has 5 rings (SSSR count). The summed E-state index contributed by atoms with van der Waals surface area (Å²) in [5.74, 6) is 0. The Morgan fingerprint density at radius 2 is 1.79 bits per heavy atom. The molecule has 116 valence electrons. The van der Waals surface area contributed by atoms with E-state index in [1.54, 1.807) is 6.33 Å². The van der Waals surface area contributed by atoms with Crippen molar-refractivity contribution in [3.63, 3.8) is 0 Å². The maximum Gasteiger partial charge on any atom is 0.141 e. The molecule has 1 atom stereocenters. The average molecular weight is 312 g/mol. The normalized spacial score (nSPS) is 15.6. The van der Waals surface area contributed by atoms with Crippen LogP contribution in [0.15, 0.2) is 61.1 Å². The molecule has 2 aromatic heterocycles. The fourth-order valence-corrected chi connectivity index (χ4v) is 3.49. The van der Waals surface area contributed by atoms with Crippen molar-refractivity contribution in [3.8, 4) is 11.3 Å². The number of benzene rings is 2. The number of aryl methyl sites for hydroxylation is 1. The number of hydrogen-bond donors (Lipinski definition) is 2. The third kappa shape index (κ3) is 1.86. The number of nitrogens with zero attached hydrogens (tertiary/aromatic N) is 2. The van der Waals surface area contributed by atoms with Gasteiger partial charge in [0.25, 0.3) is 0 Å². The lowest BCUT2D eigenvalue weighted by molar-refractivity contribution is 0.952. The highest BCUT2D eigenvalue weighted by Crippen LogP contribution is 2.42. The Morgan fingerprint density at radius 3 is 2.67 bits per heavy atom. The lowest BCUT2D eigenvalue weighted by Gasteiger charge is -2.19. The summed E-state index contributed by atoms with van der Waals surface area (Å²) in [6.07, 6.45) is 3.67. The van der Waals surface area contributed by atoms with Crippen molar-refractivity contribution in [1.29, 1.82) is 0 Å². The topological polar surface area (TPSA) is 53.6 Å². The molecule has 1 unspecified atom stereocenters.